The van der Waals surface area contributed by atoms with Crippen molar-refractivity contribution in [2.24, 2.45) is 0 Å². The molecule has 2 atom stereocenters. The molecular formula is C69H135NO3. The van der Waals surface area contributed by atoms with E-state index in [1.54, 1.807) is 6.08 Å². The summed E-state index contributed by atoms with van der Waals surface area (Å²) in [6.45, 7) is 4.35. The Morgan fingerprint density at radius 2 is 0.534 bits per heavy atom. The Bertz CT molecular complexity index is 1070. The Kier molecular flexibility index (Phi) is 64.1. The second-order valence-electron chi connectivity index (χ2n) is 23.6. The number of amides is 1. The van der Waals surface area contributed by atoms with Gasteiger partial charge in [-0.15, -0.1) is 0 Å². The van der Waals surface area contributed by atoms with Gasteiger partial charge >= 0.3 is 0 Å². The zero-order valence-corrected chi connectivity index (χ0v) is 50.2. The van der Waals surface area contributed by atoms with E-state index in [0.29, 0.717) is 6.42 Å². The van der Waals surface area contributed by atoms with Gasteiger partial charge in [0.1, 0.15) is 0 Å². The molecule has 0 bridgehead atoms. The van der Waals surface area contributed by atoms with Crippen molar-refractivity contribution in [2.75, 3.05) is 6.61 Å². The standard InChI is InChI=1S/C69H135NO3/c1-3-5-7-9-11-13-15-17-19-21-23-25-27-29-30-31-32-33-34-35-36-37-38-39-40-41-43-45-47-49-51-53-55-57-59-61-63-65-69(73)70-67(66-71)68(72)64-62-60-58-56-54-52-50-48-46-44-42-28-26-24-22-20-18-16-14-12-10-8-6-4-2/h54,56,62,64,67-68,71-72H,3-53,55,57-61,63,65-66H2,1-2H3,(H,70,73)/b56-54+,64-62+. The van der Waals surface area contributed by atoms with Gasteiger partial charge in [-0.1, -0.05) is 378 Å². The van der Waals surface area contributed by atoms with Gasteiger partial charge in [-0.25, -0.2) is 0 Å². The molecule has 0 heterocycles. The Morgan fingerprint density at radius 3 is 0.795 bits per heavy atom. The fourth-order valence-corrected chi connectivity index (χ4v) is 11.0. The molecule has 0 aromatic heterocycles. The molecule has 0 aromatic carbocycles. The van der Waals surface area contributed by atoms with E-state index in [1.165, 1.54) is 340 Å². The van der Waals surface area contributed by atoms with Crippen LogP contribution in [0.25, 0.3) is 0 Å². The first-order chi connectivity index (χ1) is 36.2. The van der Waals surface area contributed by atoms with E-state index in [0.717, 1.165) is 32.1 Å². The average Bonchev–Trinajstić information content (AvgIpc) is 3.40. The van der Waals surface area contributed by atoms with Crippen LogP contribution >= 0.6 is 0 Å². The van der Waals surface area contributed by atoms with E-state index >= 15 is 0 Å². The predicted octanol–water partition coefficient (Wildman–Crippen LogP) is 23.0. The second kappa shape index (κ2) is 65.2. The number of allylic oxidation sites excluding steroid dienone is 3. The van der Waals surface area contributed by atoms with Gasteiger partial charge in [0.05, 0.1) is 18.8 Å². The molecular weight excluding hydrogens is 891 g/mol. The monoisotopic (exact) mass is 1030 g/mol. The van der Waals surface area contributed by atoms with Crippen LogP contribution in [0.5, 0.6) is 0 Å². The topological polar surface area (TPSA) is 69.6 Å². The Hall–Kier alpha value is -1.13. The van der Waals surface area contributed by atoms with Crippen LogP contribution in [0.1, 0.15) is 393 Å². The highest BCUT2D eigenvalue weighted by Gasteiger charge is 2.18. The predicted molar refractivity (Wildman–Crippen MR) is 327 cm³/mol. The van der Waals surface area contributed by atoms with Crippen LogP contribution in [-0.4, -0.2) is 34.9 Å². The number of rotatable bonds is 64. The minimum atomic E-state index is -0.861. The fraction of sp³-hybridized carbons (Fsp3) is 0.928. The van der Waals surface area contributed by atoms with E-state index < -0.39 is 12.1 Å². The normalized spacial score (nSPS) is 12.8. The smallest absolute Gasteiger partial charge is 0.220 e. The van der Waals surface area contributed by atoms with Crippen LogP contribution in [0.15, 0.2) is 24.3 Å². The van der Waals surface area contributed by atoms with Gasteiger partial charge in [-0.2, -0.15) is 0 Å². The molecule has 0 aromatic rings. The van der Waals surface area contributed by atoms with Gasteiger partial charge < -0.3 is 15.5 Å². The number of hydrogen-bond donors (Lipinski definition) is 3. The lowest BCUT2D eigenvalue weighted by molar-refractivity contribution is -0.123. The number of carbonyl (C=O) groups is 1. The molecule has 434 valence electrons. The van der Waals surface area contributed by atoms with Crippen molar-refractivity contribution in [3.8, 4) is 0 Å². The second-order valence-corrected chi connectivity index (χ2v) is 23.6. The maximum atomic E-state index is 12.5. The number of unbranched alkanes of at least 4 members (excludes halogenated alkanes) is 55. The summed E-state index contributed by atoms with van der Waals surface area (Å²) in [4.78, 5) is 12.5. The summed E-state index contributed by atoms with van der Waals surface area (Å²) in [5.74, 6) is -0.0645. The zero-order chi connectivity index (χ0) is 52.7. The third-order valence-electron chi connectivity index (χ3n) is 16.2. The van der Waals surface area contributed by atoms with Crippen LogP contribution in [0.2, 0.25) is 0 Å². The minimum absolute atomic E-state index is 0.0645. The van der Waals surface area contributed by atoms with E-state index in [9.17, 15) is 15.0 Å². The van der Waals surface area contributed by atoms with Crippen LogP contribution in [-0.2, 0) is 4.79 Å². The molecule has 0 aliphatic heterocycles. The van der Waals surface area contributed by atoms with E-state index in [1.807, 2.05) is 6.08 Å². The zero-order valence-electron chi connectivity index (χ0n) is 50.2. The summed E-state index contributed by atoms with van der Waals surface area (Å²) in [7, 11) is 0. The van der Waals surface area contributed by atoms with Gasteiger partial charge in [0, 0.05) is 6.42 Å². The van der Waals surface area contributed by atoms with Crippen molar-refractivity contribution in [2.45, 2.75) is 405 Å². The molecule has 0 aliphatic rings. The summed E-state index contributed by atoms with van der Waals surface area (Å²) >= 11 is 0. The third kappa shape index (κ3) is 61.6. The quantitative estimate of drug-likeness (QED) is 0.0420. The van der Waals surface area contributed by atoms with Crippen molar-refractivity contribution in [3.05, 3.63) is 24.3 Å². The first-order valence-electron chi connectivity index (χ1n) is 34.1. The molecule has 4 nitrogen and oxygen atoms in total. The van der Waals surface area contributed by atoms with Crippen LogP contribution in [0, 0.1) is 0 Å². The number of nitrogens with one attached hydrogen (secondary N) is 1. The first-order valence-corrected chi connectivity index (χ1v) is 34.1. The third-order valence-corrected chi connectivity index (χ3v) is 16.2. The Balaban J connectivity index is 3.41. The van der Waals surface area contributed by atoms with E-state index in [2.05, 4.69) is 31.3 Å². The lowest BCUT2D eigenvalue weighted by atomic mass is 10.0. The molecule has 3 N–H and O–H groups in total. The minimum Gasteiger partial charge on any atom is -0.394 e. The molecule has 0 saturated heterocycles. The SMILES string of the molecule is CCCCCCCCCCCCCCCCCCCC/C=C/CC/C=C/C(O)C(CO)NC(=O)CCCCCCCCCCCCCCCCCCCCCCCCCCCCCCCCCCCCCCC. The van der Waals surface area contributed by atoms with Gasteiger partial charge in [0.2, 0.25) is 5.91 Å². The van der Waals surface area contributed by atoms with E-state index in [-0.39, 0.29) is 12.5 Å². The first kappa shape index (κ1) is 71.9. The molecule has 0 fully saturated rings. The Labute approximate surface area is 459 Å². The molecule has 2 unspecified atom stereocenters. The number of aliphatic hydroxyl groups is 2. The largest absolute Gasteiger partial charge is 0.394 e. The van der Waals surface area contributed by atoms with Gasteiger partial charge in [-0.05, 0) is 32.1 Å². The number of carbonyl (C=O) groups excluding carboxylic acids is 1. The summed E-state index contributed by atoms with van der Waals surface area (Å²) < 4.78 is 0. The molecule has 0 radical (unpaired) electrons. The summed E-state index contributed by atoms with van der Waals surface area (Å²) in [5, 5.41) is 23.2. The lowest BCUT2D eigenvalue weighted by Gasteiger charge is -2.19. The number of hydrogen-bond acceptors (Lipinski definition) is 3. The lowest BCUT2D eigenvalue weighted by Crippen LogP contribution is -2.45. The molecule has 0 rings (SSSR count). The molecule has 0 saturated carbocycles. The van der Waals surface area contributed by atoms with E-state index in [4.69, 9.17) is 0 Å². The highest BCUT2D eigenvalue weighted by Crippen LogP contribution is 2.19. The van der Waals surface area contributed by atoms with Crippen LogP contribution < -0.4 is 5.32 Å². The van der Waals surface area contributed by atoms with Gasteiger partial charge in [0.25, 0.3) is 0 Å². The summed E-state index contributed by atoms with van der Waals surface area (Å²) in [5.41, 5.74) is 0. The average molecular weight is 1030 g/mol. The highest BCUT2D eigenvalue weighted by atomic mass is 16.3. The van der Waals surface area contributed by atoms with Crippen LogP contribution in [0.4, 0.5) is 0 Å². The molecule has 73 heavy (non-hydrogen) atoms. The van der Waals surface area contributed by atoms with Crippen molar-refractivity contribution in [3.63, 3.8) is 0 Å². The van der Waals surface area contributed by atoms with Crippen molar-refractivity contribution >= 4 is 5.91 Å². The molecule has 1 amide bonds. The molecule has 0 spiro atoms. The van der Waals surface area contributed by atoms with Crippen LogP contribution in [0.3, 0.4) is 0 Å². The van der Waals surface area contributed by atoms with Gasteiger partial charge in [0.15, 0.2) is 0 Å². The summed E-state index contributed by atoms with van der Waals surface area (Å²) in [6, 6.07) is -0.637. The fourth-order valence-electron chi connectivity index (χ4n) is 11.0. The van der Waals surface area contributed by atoms with Crippen molar-refractivity contribution in [1.82, 2.24) is 5.32 Å². The van der Waals surface area contributed by atoms with Gasteiger partial charge in [-0.3, -0.25) is 4.79 Å². The van der Waals surface area contributed by atoms with Crippen molar-refractivity contribution < 1.29 is 15.0 Å². The number of aliphatic hydroxyl groups excluding tert-OH is 2. The maximum Gasteiger partial charge on any atom is 0.220 e. The highest BCUT2D eigenvalue weighted by molar-refractivity contribution is 5.76. The summed E-state index contributed by atoms with van der Waals surface area (Å²) in [6.07, 6.45) is 88.4. The Morgan fingerprint density at radius 1 is 0.315 bits per heavy atom. The van der Waals surface area contributed by atoms with Crippen molar-refractivity contribution in [1.29, 1.82) is 0 Å². The molecule has 0 aliphatic carbocycles. The maximum absolute atomic E-state index is 12.5. The molecule has 4 heteroatoms.